The lowest BCUT2D eigenvalue weighted by Gasteiger charge is -2.18. The van der Waals surface area contributed by atoms with Crippen LogP contribution in [0.15, 0.2) is 60.7 Å². The second-order valence-corrected chi connectivity index (χ2v) is 9.12. The third-order valence-electron chi connectivity index (χ3n) is 6.25. The molecule has 0 saturated carbocycles. The molecule has 4 heteroatoms. The molecular weight excluding hydrogens is 430 g/mol. The molecule has 1 atom stereocenters. The molecule has 168 valence electrons. The summed E-state index contributed by atoms with van der Waals surface area (Å²) < 4.78 is 6.05. The maximum atomic E-state index is 13.7. The number of pyridine rings is 1. The molecule has 0 spiro atoms. The first-order chi connectivity index (χ1) is 15.8. The third kappa shape index (κ3) is 4.51. The third-order valence-corrected chi connectivity index (χ3v) is 6.51. The molecule has 0 amide bonds. The summed E-state index contributed by atoms with van der Waals surface area (Å²) in [5, 5.41) is 1.47. The van der Waals surface area contributed by atoms with Gasteiger partial charge >= 0.3 is 5.97 Å². The summed E-state index contributed by atoms with van der Waals surface area (Å²) in [7, 11) is 0. The molecule has 4 aromatic rings. The maximum absolute atomic E-state index is 13.7. The predicted molar refractivity (Wildman–Crippen MR) is 137 cm³/mol. The van der Waals surface area contributed by atoms with Crippen molar-refractivity contribution in [3.05, 3.63) is 93.5 Å². The summed E-state index contributed by atoms with van der Waals surface area (Å²) in [6.07, 6.45) is 0.963. The molecule has 0 fully saturated rings. The normalized spacial score (nSPS) is 12.1. The molecule has 1 heterocycles. The van der Waals surface area contributed by atoms with Crippen molar-refractivity contribution in [2.45, 2.75) is 47.0 Å². The van der Waals surface area contributed by atoms with Gasteiger partial charge in [-0.2, -0.15) is 0 Å². The van der Waals surface area contributed by atoms with Gasteiger partial charge in [0.15, 0.2) is 0 Å². The Morgan fingerprint density at radius 2 is 1.73 bits per heavy atom. The van der Waals surface area contributed by atoms with Crippen molar-refractivity contribution in [2.75, 3.05) is 0 Å². The highest BCUT2D eigenvalue weighted by Crippen LogP contribution is 2.34. The summed E-state index contributed by atoms with van der Waals surface area (Å²) in [5.41, 5.74) is 6.95. The number of carbonyl (C=O) groups excluding carboxylic acids is 1. The van der Waals surface area contributed by atoms with Crippen LogP contribution in [0.5, 0.6) is 5.75 Å². The van der Waals surface area contributed by atoms with Crippen molar-refractivity contribution >= 4 is 28.5 Å². The average molecular weight is 458 g/mol. The van der Waals surface area contributed by atoms with Gasteiger partial charge in [-0.15, -0.1) is 0 Å². The van der Waals surface area contributed by atoms with Gasteiger partial charge in [0.1, 0.15) is 5.75 Å². The fraction of sp³-hybridized carbons (Fsp3) is 0.241. The van der Waals surface area contributed by atoms with Gasteiger partial charge in [0, 0.05) is 16.0 Å². The fourth-order valence-corrected chi connectivity index (χ4v) is 4.44. The minimum absolute atomic E-state index is 0.290. The molecule has 0 bridgehead atoms. The van der Waals surface area contributed by atoms with Crippen LogP contribution in [-0.2, 0) is 0 Å². The van der Waals surface area contributed by atoms with Crippen LogP contribution < -0.4 is 4.74 Å². The van der Waals surface area contributed by atoms with Crippen molar-refractivity contribution in [3.63, 3.8) is 0 Å². The van der Waals surface area contributed by atoms with Gasteiger partial charge < -0.3 is 4.74 Å². The van der Waals surface area contributed by atoms with E-state index in [1.807, 2.05) is 75.4 Å². The molecular formula is C29H28ClNO2. The zero-order valence-corrected chi connectivity index (χ0v) is 20.5. The lowest BCUT2D eigenvalue weighted by Crippen LogP contribution is -2.14. The molecule has 0 aliphatic rings. The number of nitrogens with zero attached hydrogens (tertiary/aromatic N) is 1. The van der Waals surface area contributed by atoms with E-state index < -0.39 is 0 Å². The van der Waals surface area contributed by atoms with E-state index in [-0.39, 0.29) is 5.97 Å². The Morgan fingerprint density at radius 1 is 1.03 bits per heavy atom. The van der Waals surface area contributed by atoms with Gasteiger partial charge in [0.25, 0.3) is 0 Å². The maximum Gasteiger partial charge on any atom is 0.344 e. The van der Waals surface area contributed by atoms with Gasteiger partial charge in [0.2, 0.25) is 0 Å². The number of hydrogen-bond acceptors (Lipinski definition) is 3. The topological polar surface area (TPSA) is 39.2 Å². The number of halogens is 1. The summed E-state index contributed by atoms with van der Waals surface area (Å²) in [5.74, 6) is 0.535. The Hall–Kier alpha value is -3.17. The fourth-order valence-electron chi connectivity index (χ4n) is 4.32. The van der Waals surface area contributed by atoms with Gasteiger partial charge in [-0.05, 0) is 74.1 Å². The zero-order valence-electron chi connectivity index (χ0n) is 19.7. The monoisotopic (exact) mass is 457 g/mol. The van der Waals surface area contributed by atoms with Crippen LogP contribution in [-0.4, -0.2) is 11.0 Å². The molecule has 3 nitrogen and oxygen atoms in total. The van der Waals surface area contributed by atoms with E-state index in [0.29, 0.717) is 22.3 Å². The highest BCUT2D eigenvalue weighted by atomic mass is 35.5. The molecule has 0 saturated heterocycles. The molecule has 33 heavy (non-hydrogen) atoms. The highest BCUT2D eigenvalue weighted by molar-refractivity contribution is 6.30. The molecule has 0 aliphatic carbocycles. The molecule has 0 aliphatic heterocycles. The number of aryl methyl sites for hydroxylation is 2. The van der Waals surface area contributed by atoms with Crippen molar-refractivity contribution in [1.29, 1.82) is 0 Å². The van der Waals surface area contributed by atoms with Gasteiger partial charge in [0.05, 0.1) is 16.8 Å². The SMILES string of the molecule is CCC(C)c1ccccc1OC(=O)c1c(C)c(-c2ccc(Cl)cc2)nc2c(C)cc(C)cc12. The Kier molecular flexibility index (Phi) is 6.53. The quantitative estimate of drug-likeness (QED) is 0.224. The summed E-state index contributed by atoms with van der Waals surface area (Å²) in [4.78, 5) is 18.7. The number of aromatic nitrogens is 1. The van der Waals surface area contributed by atoms with Crippen molar-refractivity contribution in [2.24, 2.45) is 0 Å². The lowest BCUT2D eigenvalue weighted by molar-refractivity contribution is 0.0734. The number of ether oxygens (including phenoxy) is 1. The standard InChI is InChI=1S/C29H28ClNO2/c1-6-18(3)23-9-7-8-10-25(23)33-29(32)26-20(5)28(21-11-13-22(30)14-12-21)31-27-19(4)15-17(2)16-24(26)27/h7-16,18H,6H2,1-5H3. The van der Waals surface area contributed by atoms with E-state index in [4.69, 9.17) is 21.3 Å². The Balaban J connectivity index is 1.92. The molecule has 0 radical (unpaired) electrons. The van der Waals surface area contributed by atoms with Crippen LogP contribution in [0.3, 0.4) is 0 Å². The first kappa shape index (κ1) is 23.0. The predicted octanol–water partition coefficient (Wildman–Crippen LogP) is 8.21. The van der Waals surface area contributed by atoms with E-state index in [2.05, 4.69) is 19.9 Å². The molecule has 3 aromatic carbocycles. The van der Waals surface area contributed by atoms with Crippen LogP contribution in [0.2, 0.25) is 5.02 Å². The van der Waals surface area contributed by atoms with Gasteiger partial charge in [-0.1, -0.05) is 67.4 Å². The van der Waals surface area contributed by atoms with Crippen LogP contribution >= 0.6 is 11.6 Å². The molecule has 1 unspecified atom stereocenters. The van der Waals surface area contributed by atoms with E-state index in [9.17, 15) is 4.79 Å². The van der Waals surface area contributed by atoms with E-state index in [1.165, 1.54) is 0 Å². The number of carbonyl (C=O) groups is 1. The van der Waals surface area contributed by atoms with Crippen molar-refractivity contribution in [1.82, 2.24) is 4.98 Å². The van der Waals surface area contributed by atoms with Crippen LogP contribution in [0.4, 0.5) is 0 Å². The number of fused-ring (bicyclic) bond motifs is 1. The number of rotatable bonds is 5. The average Bonchev–Trinajstić information content (AvgIpc) is 2.79. The highest BCUT2D eigenvalue weighted by Gasteiger charge is 2.23. The first-order valence-corrected chi connectivity index (χ1v) is 11.7. The molecule has 1 aromatic heterocycles. The minimum Gasteiger partial charge on any atom is -0.423 e. The number of benzene rings is 3. The Morgan fingerprint density at radius 3 is 2.42 bits per heavy atom. The molecule has 0 N–H and O–H groups in total. The van der Waals surface area contributed by atoms with Crippen molar-refractivity contribution < 1.29 is 9.53 Å². The summed E-state index contributed by atoms with van der Waals surface area (Å²) >= 11 is 6.11. The van der Waals surface area contributed by atoms with Gasteiger partial charge in [-0.25, -0.2) is 9.78 Å². The summed E-state index contributed by atoms with van der Waals surface area (Å²) in [6.45, 7) is 10.3. The number of hydrogen-bond donors (Lipinski definition) is 0. The number of para-hydroxylation sites is 1. The summed E-state index contributed by atoms with van der Waals surface area (Å²) in [6, 6.07) is 19.4. The van der Waals surface area contributed by atoms with Gasteiger partial charge in [-0.3, -0.25) is 0 Å². The zero-order chi connectivity index (χ0) is 23.7. The minimum atomic E-state index is -0.365. The second-order valence-electron chi connectivity index (χ2n) is 8.68. The van der Waals surface area contributed by atoms with E-state index >= 15 is 0 Å². The van der Waals surface area contributed by atoms with E-state index in [1.54, 1.807) is 0 Å². The Labute approximate surface area is 200 Å². The first-order valence-electron chi connectivity index (χ1n) is 11.3. The van der Waals surface area contributed by atoms with Crippen molar-refractivity contribution in [3.8, 4) is 17.0 Å². The second kappa shape index (κ2) is 9.36. The number of esters is 1. The Bertz CT molecular complexity index is 1340. The van der Waals surface area contributed by atoms with Crippen LogP contribution in [0.1, 0.15) is 58.8 Å². The molecule has 4 rings (SSSR count). The lowest BCUT2D eigenvalue weighted by atomic mass is 9.95. The van der Waals surface area contributed by atoms with Crippen LogP contribution in [0.25, 0.3) is 22.2 Å². The smallest absolute Gasteiger partial charge is 0.344 e. The van der Waals surface area contributed by atoms with E-state index in [0.717, 1.165) is 50.8 Å². The van der Waals surface area contributed by atoms with Crippen LogP contribution in [0, 0.1) is 20.8 Å². The largest absolute Gasteiger partial charge is 0.423 e.